The summed E-state index contributed by atoms with van der Waals surface area (Å²) >= 11 is 0. The van der Waals surface area contributed by atoms with E-state index in [1.54, 1.807) is 4.90 Å². The lowest BCUT2D eigenvalue weighted by molar-refractivity contribution is -0.139. The number of hydrogen-bond donors (Lipinski definition) is 2. The Labute approximate surface area is 109 Å². The topological polar surface area (TPSA) is 69.6 Å². The molecule has 0 spiro atoms. The third-order valence-corrected chi connectivity index (χ3v) is 3.57. The predicted molar refractivity (Wildman–Crippen MR) is 68.8 cm³/mol. The number of amides is 2. The van der Waals surface area contributed by atoms with E-state index in [0.29, 0.717) is 11.8 Å². The van der Waals surface area contributed by atoms with E-state index in [4.69, 9.17) is 0 Å². The van der Waals surface area contributed by atoms with Crippen molar-refractivity contribution < 1.29 is 14.7 Å². The zero-order valence-corrected chi connectivity index (χ0v) is 11.5. The number of hydrogen-bond acceptors (Lipinski definition) is 3. The quantitative estimate of drug-likeness (QED) is 0.764. The lowest BCUT2D eigenvalue weighted by Gasteiger charge is -2.36. The van der Waals surface area contributed by atoms with Gasteiger partial charge in [-0.25, -0.2) is 0 Å². The second kappa shape index (κ2) is 6.73. The Hall–Kier alpha value is -1.10. The van der Waals surface area contributed by atoms with E-state index >= 15 is 0 Å². The van der Waals surface area contributed by atoms with Crippen molar-refractivity contribution in [3.05, 3.63) is 0 Å². The molecular formula is C13H24N2O3. The van der Waals surface area contributed by atoms with Gasteiger partial charge in [0.15, 0.2) is 0 Å². The normalized spacial score (nSPS) is 21.8. The zero-order valence-electron chi connectivity index (χ0n) is 11.5. The largest absolute Gasteiger partial charge is 0.394 e. The number of aliphatic hydroxyl groups excluding tert-OH is 1. The molecule has 0 aromatic carbocycles. The zero-order chi connectivity index (χ0) is 13.7. The van der Waals surface area contributed by atoms with Crippen LogP contribution in [0.4, 0.5) is 0 Å². The van der Waals surface area contributed by atoms with Gasteiger partial charge in [-0.15, -0.1) is 0 Å². The maximum absolute atomic E-state index is 12.2. The highest BCUT2D eigenvalue weighted by atomic mass is 16.3. The highest BCUT2D eigenvalue weighted by Crippen LogP contribution is 2.23. The fourth-order valence-electron chi connectivity index (χ4n) is 2.41. The van der Waals surface area contributed by atoms with Gasteiger partial charge in [0.25, 0.3) is 0 Å². The average Bonchev–Trinajstić information content (AvgIpc) is 2.35. The van der Waals surface area contributed by atoms with Crippen LogP contribution in [-0.4, -0.2) is 47.6 Å². The number of carbonyl (C=O) groups excluding carboxylic acids is 2. The minimum absolute atomic E-state index is 0.168. The molecule has 0 aromatic heterocycles. The van der Waals surface area contributed by atoms with Gasteiger partial charge in [0, 0.05) is 20.0 Å². The van der Waals surface area contributed by atoms with E-state index < -0.39 is 6.04 Å². The Morgan fingerprint density at radius 2 is 2.11 bits per heavy atom. The van der Waals surface area contributed by atoms with E-state index in [1.807, 2.05) is 0 Å². The van der Waals surface area contributed by atoms with Crippen molar-refractivity contribution in [1.29, 1.82) is 0 Å². The first kappa shape index (κ1) is 15.0. The van der Waals surface area contributed by atoms with E-state index in [-0.39, 0.29) is 18.4 Å². The van der Waals surface area contributed by atoms with Gasteiger partial charge in [-0.3, -0.25) is 9.59 Å². The smallest absolute Gasteiger partial charge is 0.247 e. The molecule has 5 heteroatoms. The molecule has 1 heterocycles. The van der Waals surface area contributed by atoms with Crippen LogP contribution in [0, 0.1) is 11.8 Å². The first-order chi connectivity index (χ1) is 8.45. The number of carbonyl (C=O) groups is 2. The summed E-state index contributed by atoms with van der Waals surface area (Å²) in [6.45, 7) is 6.78. The van der Waals surface area contributed by atoms with Gasteiger partial charge < -0.3 is 15.3 Å². The molecular weight excluding hydrogens is 232 g/mol. The van der Waals surface area contributed by atoms with Gasteiger partial charge in [-0.1, -0.05) is 13.8 Å². The Morgan fingerprint density at radius 1 is 1.44 bits per heavy atom. The highest BCUT2D eigenvalue weighted by molar-refractivity contribution is 5.87. The Morgan fingerprint density at radius 3 is 2.61 bits per heavy atom. The lowest BCUT2D eigenvalue weighted by Crippen LogP contribution is -2.52. The molecule has 104 valence electrons. The van der Waals surface area contributed by atoms with E-state index in [0.717, 1.165) is 25.9 Å². The first-order valence-electron chi connectivity index (χ1n) is 6.62. The van der Waals surface area contributed by atoms with Crippen molar-refractivity contribution in [2.24, 2.45) is 11.8 Å². The SMILES string of the molecule is CC(=O)NC(CO)C(=O)N1CCCC(C(C)C)C1. The van der Waals surface area contributed by atoms with Crippen molar-refractivity contribution in [2.45, 2.75) is 39.7 Å². The average molecular weight is 256 g/mol. The van der Waals surface area contributed by atoms with Gasteiger partial charge in [-0.05, 0) is 24.7 Å². The molecule has 1 aliphatic heterocycles. The molecule has 18 heavy (non-hydrogen) atoms. The van der Waals surface area contributed by atoms with Gasteiger partial charge in [0.2, 0.25) is 11.8 Å². The van der Waals surface area contributed by atoms with Crippen LogP contribution in [-0.2, 0) is 9.59 Å². The third kappa shape index (κ3) is 3.98. The molecule has 2 amide bonds. The molecule has 0 bridgehead atoms. The molecule has 1 fully saturated rings. The van der Waals surface area contributed by atoms with Crippen molar-refractivity contribution in [3.63, 3.8) is 0 Å². The van der Waals surface area contributed by atoms with Crippen molar-refractivity contribution in [2.75, 3.05) is 19.7 Å². The molecule has 5 nitrogen and oxygen atoms in total. The molecule has 0 radical (unpaired) electrons. The van der Waals surface area contributed by atoms with Crippen LogP contribution in [0.3, 0.4) is 0 Å². The summed E-state index contributed by atoms with van der Waals surface area (Å²) in [5.74, 6) is 0.603. The summed E-state index contributed by atoms with van der Waals surface area (Å²) in [5.41, 5.74) is 0. The standard InChI is InChI=1S/C13H24N2O3/c1-9(2)11-5-4-6-15(7-11)13(18)12(8-16)14-10(3)17/h9,11-12,16H,4-8H2,1-3H3,(H,14,17). The van der Waals surface area contributed by atoms with Crippen LogP contribution in [0.25, 0.3) is 0 Å². The van der Waals surface area contributed by atoms with Gasteiger partial charge in [0.1, 0.15) is 6.04 Å². The third-order valence-electron chi connectivity index (χ3n) is 3.57. The lowest BCUT2D eigenvalue weighted by atomic mass is 9.87. The number of nitrogens with zero attached hydrogens (tertiary/aromatic N) is 1. The molecule has 1 saturated heterocycles. The molecule has 1 rings (SSSR count). The molecule has 0 aromatic rings. The van der Waals surface area contributed by atoms with Crippen LogP contribution < -0.4 is 5.32 Å². The number of nitrogens with one attached hydrogen (secondary N) is 1. The van der Waals surface area contributed by atoms with Crippen LogP contribution in [0.15, 0.2) is 0 Å². The van der Waals surface area contributed by atoms with Gasteiger partial charge in [0.05, 0.1) is 6.61 Å². The van der Waals surface area contributed by atoms with E-state index in [9.17, 15) is 14.7 Å². The van der Waals surface area contributed by atoms with Crippen molar-refractivity contribution in [1.82, 2.24) is 10.2 Å². The second-order valence-corrected chi connectivity index (χ2v) is 5.37. The summed E-state index contributed by atoms with van der Waals surface area (Å²) in [5, 5.41) is 11.7. The molecule has 2 unspecified atom stereocenters. The fraction of sp³-hybridized carbons (Fsp3) is 0.846. The maximum Gasteiger partial charge on any atom is 0.247 e. The summed E-state index contributed by atoms with van der Waals surface area (Å²) < 4.78 is 0. The van der Waals surface area contributed by atoms with Crippen LogP contribution >= 0.6 is 0 Å². The fourth-order valence-corrected chi connectivity index (χ4v) is 2.41. The molecule has 2 atom stereocenters. The number of rotatable bonds is 4. The van der Waals surface area contributed by atoms with Crippen molar-refractivity contribution >= 4 is 11.8 Å². The van der Waals surface area contributed by atoms with Crippen LogP contribution in [0.2, 0.25) is 0 Å². The summed E-state index contributed by atoms with van der Waals surface area (Å²) in [4.78, 5) is 24.9. The highest BCUT2D eigenvalue weighted by Gasteiger charge is 2.29. The molecule has 0 saturated carbocycles. The number of aliphatic hydroxyl groups is 1. The number of piperidine rings is 1. The Balaban J connectivity index is 2.61. The van der Waals surface area contributed by atoms with Gasteiger partial charge >= 0.3 is 0 Å². The van der Waals surface area contributed by atoms with Crippen LogP contribution in [0.1, 0.15) is 33.6 Å². The van der Waals surface area contributed by atoms with E-state index in [2.05, 4.69) is 19.2 Å². The second-order valence-electron chi connectivity index (χ2n) is 5.37. The monoisotopic (exact) mass is 256 g/mol. The van der Waals surface area contributed by atoms with E-state index in [1.165, 1.54) is 6.92 Å². The number of likely N-dealkylation sites (tertiary alicyclic amines) is 1. The molecule has 2 N–H and O–H groups in total. The molecule has 1 aliphatic rings. The Bertz CT molecular complexity index is 305. The summed E-state index contributed by atoms with van der Waals surface area (Å²) in [7, 11) is 0. The maximum atomic E-state index is 12.2. The van der Waals surface area contributed by atoms with Crippen LogP contribution in [0.5, 0.6) is 0 Å². The Kier molecular flexibility index (Phi) is 5.59. The first-order valence-corrected chi connectivity index (χ1v) is 6.62. The summed E-state index contributed by atoms with van der Waals surface area (Å²) in [6.07, 6.45) is 2.14. The predicted octanol–water partition coefficient (Wildman–Crippen LogP) is 0.378. The molecule has 0 aliphatic carbocycles. The van der Waals surface area contributed by atoms with Crippen molar-refractivity contribution in [3.8, 4) is 0 Å². The summed E-state index contributed by atoms with van der Waals surface area (Å²) in [6, 6.07) is -0.798. The minimum atomic E-state index is -0.798. The minimum Gasteiger partial charge on any atom is -0.394 e. The van der Waals surface area contributed by atoms with Gasteiger partial charge in [-0.2, -0.15) is 0 Å².